The molecule has 0 saturated heterocycles. The minimum absolute atomic E-state index is 0.00649. The molecular formula is C15H18FN3OS. The maximum absolute atomic E-state index is 14.1. The Morgan fingerprint density at radius 2 is 2.29 bits per heavy atom. The molecule has 0 bridgehead atoms. The van der Waals surface area contributed by atoms with Crippen molar-refractivity contribution in [3.05, 3.63) is 46.0 Å². The van der Waals surface area contributed by atoms with Gasteiger partial charge >= 0.3 is 0 Å². The van der Waals surface area contributed by atoms with Crippen molar-refractivity contribution in [2.24, 2.45) is 0 Å². The smallest absolute Gasteiger partial charge is 0.254 e. The lowest BCUT2D eigenvalue weighted by molar-refractivity contribution is 0.0931. The molecule has 2 N–H and O–H groups in total. The summed E-state index contributed by atoms with van der Waals surface area (Å²) in [4.78, 5) is 17.2. The van der Waals surface area contributed by atoms with Gasteiger partial charge in [0.05, 0.1) is 11.6 Å². The van der Waals surface area contributed by atoms with Gasteiger partial charge in [-0.2, -0.15) is 0 Å². The number of halogens is 1. The Labute approximate surface area is 127 Å². The van der Waals surface area contributed by atoms with E-state index in [0.29, 0.717) is 0 Å². The number of aromatic nitrogens is 1. The van der Waals surface area contributed by atoms with E-state index in [1.165, 1.54) is 12.3 Å². The third kappa shape index (κ3) is 3.58. The number of anilines is 1. The van der Waals surface area contributed by atoms with Crippen molar-refractivity contribution in [2.75, 3.05) is 12.4 Å². The van der Waals surface area contributed by atoms with E-state index in [0.717, 1.165) is 17.7 Å². The largest absolute Gasteiger partial charge is 0.371 e. The summed E-state index contributed by atoms with van der Waals surface area (Å²) < 4.78 is 14.1. The SMILES string of the molecule is CCCC(NC(=O)c1ccnc(NC)c1F)c1cccs1. The monoisotopic (exact) mass is 307 g/mol. The van der Waals surface area contributed by atoms with Crippen LogP contribution in [0, 0.1) is 5.82 Å². The molecule has 4 nitrogen and oxygen atoms in total. The second-order valence-electron chi connectivity index (χ2n) is 4.60. The average molecular weight is 307 g/mol. The molecule has 0 fully saturated rings. The predicted molar refractivity (Wildman–Crippen MR) is 83.2 cm³/mol. The standard InChI is InChI=1S/C15H18FN3OS/c1-3-5-11(12-6-4-9-21-12)19-15(20)10-7-8-18-14(17-2)13(10)16/h4,6-9,11H,3,5H2,1-2H3,(H,17,18)(H,19,20). The predicted octanol–water partition coefficient (Wildman–Crippen LogP) is 3.60. The molecule has 0 aliphatic heterocycles. The molecule has 0 aromatic carbocycles. The molecule has 112 valence electrons. The van der Waals surface area contributed by atoms with E-state index in [1.54, 1.807) is 18.4 Å². The maximum Gasteiger partial charge on any atom is 0.254 e. The summed E-state index contributed by atoms with van der Waals surface area (Å²) in [5.74, 6) is -0.969. The van der Waals surface area contributed by atoms with Crippen molar-refractivity contribution >= 4 is 23.1 Å². The van der Waals surface area contributed by atoms with Crippen LogP contribution in [-0.4, -0.2) is 17.9 Å². The molecule has 0 aliphatic carbocycles. The molecule has 1 amide bonds. The van der Waals surface area contributed by atoms with Crippen molar-refractivity contribution in [3.8, 4) is 0 Å². The van der Waals surface area contributed by atoms with Crippen LogP contribution in [0.25, 0.3) is 0 Å². The van der Waals surface area contributed by atoms with Gasteiger partial charge in [-0.05, 0) is 23.9 Å². The zero-order valence-electron chi connectivity index (χ0n) is 12.0. The first kappa shape index (κ1) is 15.4. The van der Waals surface area contributed by atoms with Crippen LogP contribution >= 0.6 is 11.3 Å². The third-order valence-corrected chi connectivity index (χ3v) is 4.13. The van der Waals surface area contributed by atoms with Crippen LogP contribution in [0.4, 0.5) is 10.2 Å². The molecule has 6 heteroatoms. The van der Waals surface area contributed by atoms with Crippen molar-refractivity contribution in [2.45, 2.75) is 25.8 Å². The molecule has 2 heterocycles. The van der Waals surface area contributed by atoms with Crippen LogP contribution in [0.2, 0.25) is 0 Å². The Morgan fingerprint density at radius 3 is 2.90 bits per heavy atom. The van der Waals surface area contributed by atoms with Crippen LogP contribution in [0.15, 0.2) is 29.8 Å². The lowest BCUT2D eigenvalue weighted by atomic mass is 10.1. The van der Waals surface area contributed by atoms with E-state index in [1.807, 2.05) is 17.5 Å². The number of carbonyl (C=O) groups excluding carboxylic acids is 1. The van der Waals surface area contributed by atoms with E-state index in [9.17, 15) is 9.18 Å². The zero-order chi connectivity index (χ0) is 15.2. The fourth-order valence-corrected chi connectivity index (χ4v) is 2.91. The number of hydrogen-bond donors (Lipinski definition) is 2. The number of pyridine rings is 1. The highest BCUT2D eigenvalue weighted by molar-refractivity contribution is 7.10. The first-order valence-electron chi connectivity index (χ1n) is 6.83. The highest BCUT2D eigenvalue weighted by Crippen LogP contribution is 2.24. The summed E-state index contributed by atoms with van der Waals surface area (Å²) >= 11 is 1.59. The Balaban J connectivity index is 2.20. The summed E-state index contributed by atoms with van der Waals surface area (Å²) in [6, 6.07) is 5.23. The molecule has 2 aromatic heterocycles. The van der Waals surface area contributed by atoms with Crippen LogP contribution in [-0.2, 0) is 0 Å². The average Bonchev–Trinajstić information content (AvgIpc) is 3.01. The topological polar surface area (TPSA) is 54.0 Å². The van der Waals surface area contributed by atoms with E-state index in [2.05, 4.69) is 22.5 Å². The number of nitrogens with one attached hydrogen (secondary N) is 2. The number of rotatable bonds is 6. The number of nitrogens with zero attached hydrogens (tertiary/aromatic N) is 1. The Bertz CT molecular complexity index is 601. The summed E-state index contributed by atoms with van der Waals surface area (Å²) in [6.07, 6.45) is 3.17. The molecule has 1 unspecified atom stereocenters. The Kier molecular flexibility index (Phi) is 5.27. The van der Waals surface area contributed by atoms with Crippen molar-refractivity contribution in [1.29, 1.82) is 0 Å². The molecule has 21 heavy (non-hydrogen) atoms. The molecule has 0 saturated carbocycles. The first-order chi connectivity index (χ1) is 10.2. The summed E-state index contributed by atoms with van der Waals surface area (Å²) in [5.41, 5.74) is 0.00649. The van der Waals surface area contributed by atoms with Gasteiger partial charge in [0.15, 0.2) is 11.6 Å². The highest BCUT2D eigenvalue weighted by Gasteiger charge is 2.20. The fraction of sp³-hybridized carbons (Fsp3) is 0.333. The van der Waals surface area contributed by atoms with E-state index < -0.39 is 11.7 Å². The van der Waals surface area contributed by atoms with Crippen molar-refractivity contribution in [1.82, 2.24) is 10.3 Å². The summed E-state index contributed by atoms with van der Waals surface area (Å²) in [6.45, 7) is 2.05. The normalized spacial score (nSPS) is 12.0. The zero-order valence-corrected chi connectivity index (χ0v) is 12.8. The van der Waals surface area contributed by atoms with Gasteiger partial charge in [-0.1, -0.05) is 19.4 Å². The Morgan fingerprint density at radius 1 is 1.48 bits per heavy atom. The van der Waals surface area contributed by atoms with E-state index >= 15 is 0 Å². The lowest BCUT2D eigenvalue weighted by Gasteiger charge is -2.17. The van der Waals surface area contributed by atoms with Gasteiger partial charge in [-0.3, -0.25) is 4.79 Å². The number of amides is 1. The molecular weight excluding hydrogens is 289 g/mol. The molecule has 0 spiro atoms. The molecule has 2 aromatic rings. The van der Waals surface area contributed by atoms with Gasteiger partial charge in [-0.25, -0.2) is 9.37 Å². The summed E-state index contributed by atoms with van der Waals surface area (Å²) in [7, 11) is 1.57. The number of carbonyl (C=O) groups is 1. The van der Waals surface area contributed by atoms with Gasteiger partial charge in [0, 0.05) is 18.1 Å². The van der Waals surface area contributed by atoms with Crippen molar-refractivity contribution < 1.29 is 9.18 Å². The van der Waals surface area contributed by atoms with Crippen LogP contribution in [0.5, 0.6) is 0 Å². The third-order valence-electron chi connectivity index (χ3n) is 3.14. The lowest BCUT2D eigenvalue weighted by Crippen LogP contribution is -2.29. The van der Waals surface area contributed by atoms with Crippen LogP contribution in [0.1, 0.15) is 41.0 Å². The van der Waals surface area contributed by atoms with E-state index in [4.69, 9.17) is 0 Å². The molecule has 2 rings (SSSR count). The van der Waals surface area contributed by atoms with E-state index in [-0.39, 0.29) is 17.4 Å². The number of thiophene rings is 1. The molecule has 1 atom stereocenters. The van der Waals surface area contributed by atoms with Crippen LogP contribution in [0.3, 0.4) is 0 Å². The first-order valence-corrected chi connectivity index (χ1v) is 7.71. The van der Waals surface area contributed by atoms with Crippen LogP contribution < -0.4 is 10.6 Å². The highest BCUT2D eigenvalue weighted by atomic mass is 32.1. The van der Waals surface area contributed by atoms with Gasteiger partial charge in [0.2, 0.25) is 0 Å². The second-order valence-corrected chi connectivity index (χ2v) is 5.58. The molecule has 0 radical (unpaired) electrons. The minimum atomic E-state index is -0.626. The van der Waals surface area contributed by atoms with Gasteiger partial charge < -0.3 is 10.6 Å². The Hall–Kier alpha value is -1.95. The van der Waals surface area contributed by atoms with Gasteiger partial charge in [0.1, 0.15) is 0 Å². The minimum Gasteiger partial charge on any atom is -0.371 e. The van der Waals surface area contributed by atoms with Gasteiger partial charge in [-0.15, -0.1) is 11.3 Å². The van der Waals surface area contributed by atoms with Gasteiger partial charge in [0.25, 0.3) is 5.91 Å². The number of hydrogen-bond acceptors (Lipinski definition) is 4. The second kappa shape index (κ2) is 7.17. The fourth-order valence-electron chi connectivity index (χ4n) is 2.09. The quantitative estimate of drug-likeness (QED) is 0.857. The van der Waals surface area contributed by atoms with Crippen molar-refractivity contribution in [3.63, 3.8) is 0 Å². The molecule has 0 aliphatic rings. The summed E-state index contributed by atoms with van der Waals surface area (Å²) in [5, 5.41) is 7.51. The maximum atomic E-state index is 14.1.